The number of hydrogen-bond donors (Lipinski definition) is 1. The average molecular weight is 441 g/mol. The first-order chi connectivity index (χ1) is 15.6. The summed E-state index contributed by atoms with van der Waals surface area (Å²) in [5.74, 6) is 1.20. The zero-order chi connectivity index (χ0) is 22.5. The summed E-state index contributed by atoms with van der Waals surface area (Å²) in [6.07, 6.45) is 2.51. The second-order valence-corrected chi connectivity index (χ2v) is 7.82. The molecule has 0 spiro atoms. The molecule has 1 unspecified atom stereocenters. The van der Waals surface area contributed by atoms with Gasteiger partial charge in [-0.1, -0.05) is 6.07 Å². The maximum Gasteiger partial charge on any atom is 0.293 e. The van der Waals surface area contributed by atoms with Gasteiger partial charge in [-0.15, -0.1) is 0 Å². The van der Waals surface area contributed by atoms with Crippen LogP contribution in [-0.4, -0.2) is 55.8 Å². The van der Waals surface area contributed by atoms with Gasteiger partial charge in [0.05, 0.1) is 30.8 Å². The van der Waals surface area contributed by atoms with Crippen molar-refractivity contribution in [2.24, 2.45) is 0 Å². The number of likely N-dealkylation sites (tertiary alicyclic amines) is 1. The van der Waals surface area contributed by atoms with Crippen LogP contribution in [0.15, 0.2) is 36.4 Å². The van der Waals surface area contributed by atoms with E-state index in [1.807, 2.05) is 18.2 Å². The third kappa shape index (κ3) is 4.62. The minimum atomic E-state index is -0.475. The SMILES string of the molecule is COCCNc1ccc(C(=O)N2CCCC2c2ccc3c(c2)OCCCO3)cc1[N+](=O)[O-]. The summed E-state index contributed by atoms with van der Waals surface area (Å²) in [5, 5.41) is 14.6. The molecule has 9 heteroatoms. The van der Waals surface area contributed by atoms with Gasteiger partial charge in [0, 0.05) is 38.2 Å². The number of nitro benzene ring substituents is 1. The lowest BCUT2D eigenvalue weighted by molar-refractivity contribution is -0.384. The number of nitrogens with zero attached hydrogens (tertiary/aromatic N) is 2. The molecule has 1 saturated heterocycles. The van der Waals surface area contributed by atoms with Crippen molar-refractivity contribution in [3.63, 3.8) is 0 Å². The van der Waals surface area contributed by atoms with Gasteiger partial charge >= 0.3 is 0 Å². The van der Waals surface area contributed by atoms with Crippen molar-refractivity contribution < 1.29 is 23.9 Å². The molecule has 0 aliphatic carbocycles. The molecule has 170 valence electrons. The van der Waals surface area contributed by atoms with Crippen LogP contribution in [0.4, 0.5) is 11.4 Å². The van der Waals surface area contributed by atoms with E-state index in [9.17, 15) is 14.9 Å². The molecule has 0 aromatic heterocycles. The fourth-order valence-corrected chi connectivity index (χ4v) is 4.16. The van der Waals surface area contributed by atoms with Crippen LogP contribution in [0.3, 0.4) is 0 Å². The van der Waals surface area contributed by atoms with Gasteiger partial charge in [-0.3, -0.25) is 14.9 Å². The smallest absolute Gasteiger partial charge is 0.293 e. The Morgan fingerprint density at radius 2 is 2.00 bits per heavy atom. The molecule has 2 aliphatic heterocycles. The maximum atomic E-state index is 13.3. The number of carbonyl (C=O) groups excluding carboxylic acids is 1. The number of anilines is 1. The molecule has 2 aromatic rings. The van der Waals surface area contributed by atoms with E-state index in [2.05, 4.69) is 5.32 Å². The lowest BCUT2D eigenvalue weighted by Crippen LogP contribution is -2.30. The molecule has 0 radical (unpaired) electrons. The predicted octanol–water partition coefficient (Wildman–Crippen LogP) is 3.79. The first-order valence-electron chi connectivity index (χ1n) is 10.8. The normalized spacial score (nSPS) is 17.7. The molecular weight excluding hydrogens is 414 g/mol. The lowest BCUT2D eigenvalue weighted by Gasteiger charge is -2.26. The molecule has 0 bridgehead atoms. The minimum absolute atomic E-state index is 0.113. The topological polar surface area (TPSA) is 103 Å². The van der Waals surface area contributed by atoms with Crippen LogP contribution in [0.1, 0.15) is 41.2 Å². The first kappa shape index (κ1) is 21.9. The molecule has 2 aromatic carbocycles. The number of carbonyl (C=O) groups is 1. The van der Waals surface area contributed by atoms with Crippen molar-refractivity contribution in [2.45, 2.75) is 25.3 Å². The van der Waals surface area contributed by atoms with Crippen LogP contribution in [0.25, 0.3) is 0 Å². The van der Waals surface area contributed by atoms with E-state index in [0.29, 0.717) is 55.7 Å². The van der Waals surface area contributed by atoms with E-state index in [-0.39, 0.29) is 17.6 Å². The number of rotatable bonds is 7. The zero-order valence-corrected chi connectivity index (χ0v) is 18.0. The standard InChI is InChI=1S/C23H27N3O6/c1-30-13-9-24-18-7-5-17(14-20(18)26(28)29)23(27)25-10-2-4-19(25)16-6-8-21-22(15-16)32-12-3-11-31-21/h5-8,14-15,19,24H,2-4,9-13H2,1H3. The highest BCUT2D eigenvalue weighted by molar-refractivity contribution is 5.96. The van der Waals surface area contributed by atoms with Crippen LogP contribution >= 0.6 is 0 Å². The van der Waals surface area contributed by atoms with Gasteiger partial charge < -0.3 is 24.4 Å². The van der Waals surface area contributed by atoms with E-state index >= 15 is 0 Å². The van der Waals surface area contributed by atoms with Gasteiger partial charge in [0.25, 0.3) is 11.6 Å². The van der Waals surface area contributed by atoms with Crippen molar-refractivity contribution in [2.75, 3.05) is 45.3 Å². The summed E-state index contributed by atoms with van der Waals surface area (Å²) in [6, 6.07) is 10.3. The first-order valence-corrected chi connectivity index (χ1v) is 10.8. The Kier molecular flexibility index (Phi) is 6.75. The minimum Gasteiger partial charge on any atom is -0.490 e. The number of methoxy groups -OCH3 is 1. The van der Waals surface area contributed by atoms with E-state index in [1.165, 1.54) is 6.07 Å². The Hall–Kier alpha value is -3.33. The molecule has 1 amide bonds. The summed E-state index contributed by atoms with van der Waals surface area (Å²) in [6.45, 7) is 2.67. The molecule has 1 fully saturated rings. The van der Waals surface area contributed by atoms with Gasteiger partial charge in [0.2, 0.25) is 0 Å². The third-order valence-electron chi connectivity index (χ3n) is 5.73. The maximum absolute atomic E-state index is 13.3. The number of benzene rings is 2. The predicted molar refractivity (Wildman–Crippen MR) is 119 cm³/mol. The fraction of sp³-hybridized carbons (Fsp3) is 0.435. The Labute approximate surface area is 186 Å². The number of fused-ring (bicyclic) bond motifs is 1. The van der Waals surface area contributed by atoms with Gasteiger partial charge in [-0.05, 0) is 42.7 Å². The zero-order valence-electron chi connectivity index (χ0n) is 18.0. The molecule has 4 rings (SSSR count). The van der Waals surface area contributed by atoms with Crippen molar-refractivity contribution in [3.05, 3.63) is 57.6 Å². The highest BCUT2D eigenvalue weighted by Gasteiger charge is 2.32. The van der Waals surface area contributed by atoms with Crippen LogP contribution < -0.4 is 14.8 Å². The summed E-state index contributed by atoms with van der Waals surface area (Å²) < 4.78 is 16.5. The van der Waals surface area contributed by atoms with Gasteiger partial charge in [-0.25, -0.2) is 0 Å². The Balaban J connectivity index is 1.56. The quantitative estimate of drug-likeness (QED) is 0.396. The summed E-state index contributed by atoms with van der Waals surface area (Å²) in [7, 11) is 1.56. The number of nitro groups is 1. The molecule has 2 aliphatic rings. The van der Waals surface area contributed by atoms with E-state index < -0.39 is 4.92 Å². The molecule has 9 nitrogen and oxygen atoms in total. The van der Waals surface area contributed by atoms with Crippen LogP contribution in [0.5, 0.6) is 11.5 Å². The number of nitrogens with one attached hydrogen (secondary N) is 1. The summed E-state index contributed by atoms with van der Waals surface area (Å²) in [5.41, 5.74) is 1.52. The van der Waals surface area contributed by atoms with Crippen LogP contribution in [0, 0.1) is 10.1 Å². The van der Waals surface area contributed by atoms with Gasteiger partial charge in [-0.2, -0.15) is 0 Å². The van der Waals surface area contributed by atoms with Crippen molar-refractivity contribution in [3.8, 4) is 11.5 Å². The Morgan fingerprint density at radius 3 is 2.78 bits per heavy atom. The Morgan fingerprint density at radius 1 is 1.19 bits per heavy atom. The second kappa shape index (κ2) is 9.86. The monoisotopic (exact) mass is 441 g/mol. The van der Waals surface area contributed by atoms with Gasteiger partial charge in [0.15, 0.2) is 11.5 Å². The number of amides is 1. The number of ether oxygens (including phenoxy) is 3. The molecule has 32 heavy (non-hydrogen) atoms. The third-order valence-corrected chi connectivity index (χ3v) is 5.73. The Bertz CT molecular complexity index is 996. The largest absolute Gasteiger partial charge is 0.490 e. The van der Waals surface area contributed by atoms with Crippen LogP contribution in [-0.2, 0) is 4.74 Å². The van der Waals surface area contributed by atoms with E-state index in [0.717, 1.165) is 24.8 Å². The second-order valence-electron chi connectivity index (χ2n) is 7.82. The highest BCUT2D eigenvalue weighted by Crippen LogP contribution is 2.39. The summed E-state index contributed by atoms with van der Waals surface area (Å²) >= 11 is 0. The van der Waals surface area contributed by atoms with Crippen molar-refractivity contribution in [1.82, 2.24) is 4.90 Å². The van der Waals surface area contributed by atoms with Crippen molar-refractivity contribution in [1.29, 1.82) is 0 Å². The molecule has 0 saturated carbocycles. The van der Waals surface area contributed by atoms with E-state index in [4.69, 9.17) is 14.2 Å². The van der Waals surface area contributed by atoms with E-state index in [1.54, 1.807) is 24.1 Å². The molecule has 1 N–H and O–H groups in total. The lowest BCUT2D eigenvalue weighted by atomic mass is 10.0. The number of hydrogen-bond acceptors (Lipinski definition) is 7. The fourth-order valence-electron chi connectivity index (χ4n) is 4.16. The summed E-state index contributed by atoms with van der Waals surface area (Å²) in [4.78, 5) is 26.2. The molecular formula is C23H27N3O6. The van der Waals surface area contributed by atoms with Gasteiger partial charge in [0.1, 0.15) is 5.69 Å². The molecule has 1 atom stereocenters. The highest BCUT2D eigenvalue weighted by atomic mass is 16.6. The van der Waals surface area contributed by atoms with Crippen molar-refractivity contribution >= 4 is 17.3 Å². The average Bonchev–Trinajstić information content (AvgIpc) is 3.17. The van der Waals surface area contributed by atoms with Crippen LogP contribution in [0.2, 0.25) is 0 Å². The molecule has 2 heterocycles.